The van der Waals surface area contributed by atoms with Crippen LogP contribution in [0.1, 0.15) is 38.6 Å². The molecule has 0 radical (unpaired) electrons. The molecule has 0 unspecified atom stereocenters. The van der Waals surface area contributed by atoms with Crippen LogP contribution in [0, 0.1) is 0 Å². The van der Waals surface area contributed by atoms with Gasteiger partial charge in [-0.25, -0.2) is 0 Å². The summed E-state index contributed by atoms with van der Waals surface area (Å²) in [4.78, 5) is 23.1. The first-order valence-corrected chi connectivity index (χ1v) is 8.22. The fraction of sp³-hybridized carbons (Fsp3) is 0.667. The molecule has 1 aromatic rings. The standard InChI is InChI=1S/C12H19N3O3S2/c1-5-18-9(16)6-19-8(4)10(17)13-12-15-14-11(20-12)7(2)3/h7-8H,5-6H2,1-4H3,(H,13,15,17)/t8-/m1/s1. The van der Waals surface area contributed by atoms with E-state index in [-0.39, 0.29) is 28.8 Å². The molecule has 0 saturated carbocycles. The highest BCUT2D eigenvalue weighted by molar-refractivity contribution is 8.01. The zero-order valence-electron chi connectivity index (χ0n) is 12.0. The fourth-order valence-electron chi connectivity index (χ4n) is 1.20. The van der Waals surface area contributed by atoms with Crippen molar-refractivity contribution in [3.05, 3.63) is 5.01 Å². The lowest BCUT2D eigenvalue weighted by atomic mass is 10.2. The molecule has 112 valence electrons. The minimum absolute atomic E-state index is 0.162. The van der Waals surface area contributed by atoms with Gasteiger partial charge >= 0.3 is 5.97 Å². The van der Waals surface area contributed by atoms with Gasteiger partial charge in [0.2, 0.25) is 11.0 Å². The molecule has 1 atom stereocenters. The molecule has 0 bridgehead atoms. The molecule has 0 aliphatic heterocycles. The van der Waals surface area contributed by atoms with Gasteiger partial charge in [-0.1, -0.05) is 25.2 Å². The average molecular weight is 317 g/mol. The van der Waals surface area contributed by atoms with Crippen LogP contribution in [0.2, 0.25) is 0 Å². The Kier molecular flexibility index (Phi) is 6.94. The van der Waals surface area contributed by atoms with Crippen molar-refractivity contribution < 1.29 is 14.3 Å². The minimum atomic E-state index is -0.356. The maximum absolute atomic E-state index is 11.9. The lowest BCUT2D eigenvalue weighted by molar-refractivity contribution is -0.139. The maximum atomic E-state index is 11.9. The van der Waals surface area contributed by atoms with E-state index in [1.165, 1.54) is 23.1 Å². The first kappa shape index (κ1) is 16.9. The van der Waals surface area contributed by atoms with Crippen LogP contribution in [0.4, 0.5) is 5.13 Å². The number of hydrogen-bond acceptors (Lipinski definition) is 7. The molecule has 0 aliphatic carbocycles. The van der Waals surface area contributed by atoms with E-state index in [1.807, 2.05) is 13.8 Å². The zero-order chi connectivity index (χ0) is 15.1. The van der Waals surface area contributed by atoms with Gasteiger partial charge in [-0.15, -0.1) is 22.0 Å². The van der Waals surface area contributed by atoms with Gasteiger partial charge in [-0.05, 0) is 13.8 Å². The molecule has 1 amide bonds. The monoisotopic (exact) mass is 317 g/mol. The van der Waals surface area contributed by atoms with E-state index < -0.39 is 0 Å². The number of esters is 1. The summed E-state index contributed by atoms with van der Waals surface area (Å²) in [6.45, 7) is 7.88. The molecule has 0 fully saturated rings. The van der Waals surface area contributed by atoms with Crippen LogP contribution in [0.15, 0.2) is 0 Å². The lowest BCUT2D eigenvalue weighted by Gasteiger charge is -2.09. The normalized spacial score (nSPS) is 12.2. The highest BCUT2D eigenvalue weighted by Gasteiger charge is 2.18. The van der Waals surface area contributed by atoms with E-state index in [0.717, 1.165) is 5.01 Å². The summed E-state index contributed by atoms with van der Waals surface area (Å²) in [5, 5.41) is 11.6. The summed E-state index contributed by atoms with van der Waals surface area (Å²) in [6.07, 6.45) is 0. The van der Waals surface area contributed by atoms with Crippen molar-refractivity contribution in [2.45, 2.75) is 38.9 Å². The van der Waals surface area contributed by atoms with Crippen molar-refractivity contribution in [1.82, 2.24) is 10.2 Å². The smallest absolute Gasteiger partial charge is 0.315 e. The molecule has 1 rings (SSSR count). The third-order valence-corrected chi connectivity index (χ3v) is 4.55. The maximum Gasteiger partial charge on any atom is 0.315 e. The summed E-state index contributed by atoms with van der Waals surface area (Å²) in [7, 11) is 0. The predicted molar refractivity (Wildman–Crippen MR) is 81.2 cm³/mol. The van der Waals surface area contributed by atoms with Crippen molar-refractivity contribution in [2.24, 2.45) is 0 Å². The van der Waals surface area contributed by atoms with Crippen LogP contribution in [-0.2, 0) is 14.3 Å². The van der Waals surface area contributed by atoms with Crippen molar-refractivity contribution in [1.29, 1.82) is 0 Å². The molecule has 6 nitrogen and oxygen atoms in total. The highest BCUT2D eigenvalue weighted by Crippen LogP contribution is 2.23. The Hall–Kier alpha value is -1.15. The molecule has 20 heavy (non-hydrogen) atoms. The molecule has 1 N–H and O–H groups in total. The molecular weight excluding hydrogens is 298 g/mol. The number of thioether (sulfide) groups is 1. The first-order chi connectivity index (χ1) is 9.43. The number of carbonyl (C=O) groups excluding carboxylic acids is 2. The van der Waals surface area contributed by atoms with E-state index >= 15 is 0 Å². The lowest BCUT2D eigenvalue weighted by Crippen LogP contribution is -2.24. The molecule has 8 heteroatoms. The molecule has 0 spiro atoms. The summed E-state index contributed by atoms with van der Waals surface area (Å²) in [6, 6.07) is 0. The number of ether oxygens (including phenoxy) is 1. The third-order valence-electron chi connectivity index (χ3n) is 2.29. The van der Waals surface area contributed by atoms with E-state index in [2.05, 4.69) is 15.5 Å². The summed E-state index contributed by atoms with van der Waals surface area (Å²) >= 11 is 2.60. The summed E-state index contributed by atoms with van der Waals surface area (Å²) in [5.74, 6) is -0.0508. The van der Waals surface area contributed by atoms with Gasteiger partial charge in [0.1, 0.15) is 5.01 Å². The van der Waals surface area contributed by atoms with Crippen molar-refractivity contribution in [2.75, 3.05) is 17.7 Å². The van der Waals surface area contributed by atoms with Gasteiger partial charge in [0.05, 0.1) is 17.6 Å². The van der Waals surface area contributed by atoms with Crippen molar-refractivity contribution in [3.63, 3.8) is 0 Å². The zero-order valence-corrected chi connectivity index (χ0v) is 13.6. The number of nitrogens with zero attached hydrogens (tertiary/aromatic N) is 2. The highest BCUT2D eigenvalue weighted by atomic mass is 32.2. The van der Waals surface area contributed by atoms with E-state index in [0.29, 0.717) is 11.7 Å². The molecular formula is C12H19N3O3S2. The Labute approximate surface area is 126 Å². The van der Waals surface area contributed by atoms with Gasteiger partial charge in [0.15, 0.2) is 0 Å². The molecule has 0 aliphatic rings. The molecule has 0 saturated heterocycles. The number of amides is 1. The largest absolute Gasteiger partial charge is 0.465 e. The Morgan fingerprint density at radius 1 is 1.35 bits per heavy atom. The van der Waals surface area contributed by atoms with Gasteiger partial charge in [-0.3, -0.25) is 14.9 Å². The molecule has 1 heterocycles. The Morgan fingerprint density at radius 3 is 2.60 bits per heavy atom. The third kappa shape index (κ3) is 5.46. The van der Waals surface area contributed by atoms with Crippen LogP contribution in [0.5, 0.6) is 0 Å². The van der Waals surface area contributed by atoms with E-state index in [9.17, 15) is 9.59 Å². The fourth-order valence-corrected chi connectivity index (χ4v) is 2.63. The first-order valence-electron chi connectivity index (χ1n) is 6.35. The molecule has 0 aromatic carbocycles. The second kappa shape index (κ2) is 8.21. The number of aromatic nitrogens is 2. The predicted octanol–water partition coefficient (Wildman–Crippen LogP) is 2.28. The van der Waals surface area contributed by atoms with Crippen LogP contribution in [-0.4, -0.2) is 39.7 Å². The SMILES string of the molecule is CCOC(=O)CS[C@H](C)C(=O)Nc1nnc(C(C)C)s1. The van der Waals surface area contributed by atoms with E-state index in [4.69, 9.17) is 4.74 Å². The summed E-state index contributed by atoms with van der Waals surface area (Å²) in [5.41, 5.74) is 0. The number of anilines is 1. The topological polar surface area (TPSA) is 81.2 Å². The second-order valence-corrected chi connectivity index (χ2v) is 6.69. The Morgan fingerprint density at radius 2 is 2.05 bits per heavy atom. The van der Waals surface area contributed by atoms with Crippen LogP contribution < -0.4 is 5.32 Å². The number of carbonyl (C=O) groups is 2. The number of rotatable bonds is 7. The van der Waals surface area contributed by atoms with Gasteiger partial charge in [-0.2, -0.15) is 0 Å². The van der Waals surface area contributed by atoms with E-state index in [1.54, 1.807) is 13.8 Å². The van der Waals surface area contributed by atoms with Gasteiger partial charge in [0, 0.05) is 5.92 Å². The van der Waals surface area contributed by atoms with Crippen LogP contribution >= 0.6 is 23.1 Å². The van der Waals surface area contributed by atoms with Crippen LogP contribution in [0.25, 0.3) is 0 Å². The average Bonchev–Trinajstić information content (AvgIpc) is 2.85. The van der Waals surface area contributed by atoms with Gasteiger partial charge in [0.25, 0.3) is 0 Å². The quantitative estimate of drug-likeness (QED) is 0.777. The number of nitrogens with one attached hydrogen (secondary N) is 1. The Balaban J connectivity index is 2.42. The van der Waals surface area contributed by atoms with Crippen molar-refractivity contribution >= 4 is 40.1 Å². The molecule has 1 aromatic heterocycles. The van der Waals surface area contributed by atoms with Crippen molar-refractivity contribution in [3.8, 4) is 0 Å². The Bertz CT molecular complexity index is 463. The summed E-state index contributed by atoms with van der Waals surface area (Å²) < 4.78 is 4.81. The number of hydrogen-bond donors (Lipinski definition) is 1. The van der Waals surface area contributed by atoms with Crippen LogP contribution in [0.3, 0.4) is 0 Å². The second-order valence-electron chi connectivity index (χ2n) is 4.35. The van der Waals surface area contributed by atoms with Gasteiger partial charge < -0.3 is 4.74 Å². The minimum Gasteiger partial charge on any atom is -0.465 e.